The summed E-state index contributed by atoms with van der Waals surface area (Å²) in [5.74, 6) is -0.912. The van der Waals surface area contributed by atoms with Gasteiger partial charge in [0.25, 0.3) is 5.69 Å². The van der Waals surface area contributed by atoms with Gasteiger partial charge in [-0.25, -0.2) is 9.78 Å². The lowest BCUT2D eigenvalue weighted by molar-refractivity contribution is -0.385. The molecule has 0 saturated carbocycles. The van der Waals surface area contributed by atoms with Crippen molar-refractivity contribution < 1.29 is 14.8 Å². The van der Waals surface area contributed by atoms with Gasteiger partial charge in [0.05, 0.1) is 4.92 Å². The van der Waals surface area contributed by atoms with Crippen LogP contribution in [0.15, 0.2) is 12.3 Å². The van der Waals surface area contributed by atoms with E-state index in [4.69, 9.17) is 5.11 Å². The second-order valence-corrected chi connectivity index (χ2v) is 4.22. The molecular weight excluding hydrogens is 252 g/mol. The molecule has 8 heteroatoms. The van der Waals surface area contributed by atoms with Crippen molar-refractivity contribution in [3.63, 3.8) is 0 Å². The summed E-state index contributed by atoms with van der Waals surface area (Å²) in [6, 6.07) is 1.06. The average Bonchev–Trinajstić information content (AvgIpc) is 2.66. The number of aromatic carboxylic acids is 1. The first-order chi connectivity index (χ1) is 9.09. The van der Waals surface area contributed by atoms with Crippen LogP contribution in [0, 0.1) is 10.1 Å². The number of nitro groups is 1. The van der Waals surface area contributed by atoms with Crippen LogP contribution in [-0.2, 0) is 0 Å². The molecule has 1 saturated heterocycles. The SMILES string of the molecule is O=C(O)c1cc([N+](=O)[O-])cnc1N1CCCNCC1. The van der Waals surface area contributed by atoms with Crippen LogP contribution < -0.4 is 10.2 Å². The fourth-order valence-electron chi connectivity index (χ4n) is 2.01. The van der Waals surface area contributed by atoms with Crippen molar-refractivity contribution in [3.8, 4) is 0 Å². The van der Waals surface area contributed by atoms with Gasteiger partial charge in [0.1, 0.15) is 17.6 Å². The zero-order valence-electron chi connectivity index (χ0n) is 10.2. The maximum Gasteiger partial charge on any atom is 0.339 e. The van der Waals surface area contributed by atoms with Gasteiger partial charge in [-0.2, -0.15) is 0 Å². The van der Waals surface area contributed by atoms with E-state index < -0.39 is 10.9 Å². The van der Waals surface area contributed by atoms with E-state index in [0.717, 1.165) is 31.8 Å². The Balaban J connectivity index is 2.37. The van der Waals surface area contributed by atoms with Crippen molar-refractivity contribution >= 4 is 17.5 Å². The Morgan fingerprint density at radius 1 is 1.47 bits per heavy atom. The normalized spacial score (nSPS) is 15.9. The molecule has 8 nitrogen and oxygen atoms in total. The standard InChI is InChI=1S/C11H14N4O4/c16-11(17)9-6-8(15(18)19)7-13-10(9)14-4-1-2-12-3-5-14/h6-7,12H,1-5H2,(H,16,17). The Bertz CT molecular complexity index is 497. The molecule has 2 heterocycles. The molecule has 0 atom stereocenters. The molecule has 0 spiro atoms. The lowest BCUT2D eigenvalue weighted by Gasteiger charge is -2.22. The minimum Gasteiger partial charge on any atom is -0.478 e. The number of aromatic nitrogens is 1. The van der Waals surface area contributed by atoms with Gasteiger partial charge in [-0.3, -0.25) is 10.1 Å². The molecule has 102 valence electrons. The number of hydrogen-bond donors (Lipinski definition) is 2. The molecule has 0 aromatic carbocycles. The smallest absolute Gasteiger partial charge is 0.339 e. The van der Waals surface area contributed by atoms with Crippen molar-refractivity contribution in [1.29, 1.82) is 0 Å². The largest absolute Gasteiger partial charge is 0.478 e. The minimum absolute atomic E-state index is 0.129. The van der Waals surface area contributed by atoms with E-state index >= 15 is 0 Å². The minimum atomic E-state index is -1.21. The quantitative estimate of drug-likeness (QED) is 0.605. The average molecular weight is 266 g/mol. The summed E-state index contributed by atoms with van der Waals surface area (Å²) in [4.78, 5) is 27.0. The topological polar surface area (TPSA) is 109 Å². The Kier molecular flexibility index (Phi) is 3.91. The number of hydrogen-bond acceptors (Lipinski definition) is 6. The van der Waals surface area contributed by atoms with Crippen molar-refractivity contribution in [3.05, 3.63) is 27.9 Å². The van der Waals surface area contributed by atoms with Gasteiger partial charge < -0.3 is 15.3 Å². The molecule has 1 aromatic rings. The molecule has 19 heavy (non-hydrogen) atoms. The van der Waals surface area contributed by atoms with E-state index in [2.05, 4.69) is 10.3 Å². The second kappa shape index (κ2) is 5.61. The molecule has 0 bridgehead atoms. The Morgan fingerprint density at radius 3 is 2.95 bits per heavy atom. The van der Waals surface area contributed by atoms with Gasteiger partial charge in [-0.1, -0.05) is 0 Å². The molecule has 0 amide bonds. The number of carboxylic acid groups (broad SMARTS) is 1. The molecule has 1 aliphatic heterocycles. The maximum absolute atomic E-state index is 11.2. The highest BCUT2D eigenvalue weighted by molar-refractivity contribution is 5.94. The highest BCUT2D eigenvalue weighted by Crippen LogP contribution is 2.23. The molecule has 2 N–H and O–H groups in total. The molecule has 0 aliphatic carbocycles. The molecule has 1 aromatic heterocycles. The van der Waals surface area contributed by atoms with Gasteiger partial charge in [-0.15, -0.1) is 0 Å². The highest BCUT2D eigenvalue weighted by Gasteiger charge is 2.22. The lowest BCUT2D eigenvalue weighted by Crippen LogP contribution is -2.30. The third kappa shape index (κ3) is 2.97. The van der Waals surface area contributed by atoms with Crippen LogP contribution in [0.3, 0.4) is 0 Å². The lowest BCUT2D eigenvalue weighted by atomic mass is 10.2. The number of pyridine rings is 1. The van der Waals surface area contributed by atoms with E-state index in [9.17, 15) is 14.9 Å². The van der Waals surface area contributed by atoms with Crippen LogP contribution in [0.25, 0.3) is 0 Å². The van der Waals surface area contributed by atoms with Crippen LogP contribution in [0.2, 0.25) is 0 Å². The number of rotatable bonds is 3. The number of nitrogens with one attached hydrogen (secondary N) is 1. The van der Waals surface area contributed by atoms with E-state index in [1.807, 2.05) is 4.90 Å². The third-order valence-corrected chi connectivity index (χ3v) is 2.93. The fraction of sp³-hybridized carbons (Fsp3) is 0.455. The van der Waals surface area contributed by atoms with Gasteiger partial charge in [0.15, 0.2) is 0 Å². The van der Waals surface area contributed by atoms with Gasteiger partial charge >= 0.3 is 5.97 Å². The monoisotopic (exact) mass is 266 g/mol. The molecule has 2 rings (SSSR count). The zero-order valence-corrected chi connectivity index (χ0v) is 10.2. The third-order valence-electron chi connectivity index (χ3n) is 2.93. The summed E-state index contributed by atoms with van der Waals surface area (Å²) in [6.07, 6.45) is 1.97. The molecule has 1 fully saturated rings. The van der Waals surface area contributed by atoms with Crippen molar-refractivity contribution in [2.24, 2.45) is 0 Å². The molecule has 0 unspecified atom stereocenters. The van der Waals surface area contributed by atoms with Crippen LogP contribution in [0.4, 0.5) is 11.5 Å². The number of carboxylic acids is 1. The van der Waals surface area contributed by atoms with Crippen molar-refractivity contribution in [2.75, 3.05) is 31.1 Å². The van der Waals surface area contributed by atoms with Crippen LogP contribution in [0.1, 0.15) is 16.8 Å². The van der Waals surface area contributed by atoms with Crippen LogP contribution in [0.5, 0.6) is 0 Å². The van der Waals surface area contributed by atoms with Crippen molar-refractivity contribution in [2.45, 2.75) is 6.42 Å². The second-order valence-electron chi connectivity index (χ2n) is 4.22. The summed E-state index contributed by atoms with van der Waals surface area (Å²) in [5.41, 5.74) is -0.440. The van der Waals surface area contributed by atoms with E-state index in [1.165, 1.54) is 0 Å². The van der Waals surface area contributed by atoms with Gasteiger partial charge in [0.2, 0.25) is 0 Å². The first kappa shape index (κ1) is 13.2. The van der Waals surface area contributed by atoms with Crippen LogP contribution in [-0.4, -0.2) is 47.2 Å². The summed E-state index contributed by atoms with van der Waals surface area (Å²) in [6.45, 7) is 2.91. The Morgan fingerprint density at radius 2 is 2.26 bits per heavy atom. The number of nitrogens with zero attached hydrogens (tertiary/aromatic N) is 3. The predicted molar refractivity (Wildman–Crippen MR) is 67.6 cm³/mol. The Labute approximate surface area is 109 Å². The van der Waals surface area contributed by atoms with E-state index in [0.29, 0.717) is 18.9 Å². The molecule has 0 radical (unpaired) electrons. The number of anilines is 1. The van der Waals surface area contributed by atoms with E-state index in [1.54, 1.807) is 0 Å². The molecule has 1 aliphatic rings. The van der Waals surface area contributed by atoms with Crippen molar-refractivity contribution in [1.82, 2.24) is 10.3 Å². The first-order valence-electron chi connectivity index (χ1n) is 5.93. The summed E-state index contributed by atoms with van der Waals surface area (Å²) < 4.78 is 0. The summed E-state index contributed by atoms with van der Waals surface area (Å²) in [5, 5.41) is 23.0. The van der Waals surface area contributed by atoms with Crippen LogP contribution >= 0.6 is 0 Å². The summed E-state index contributed by atoms with van der Waals surface area (Å²) >= 11 is 0. The van der Waals surface area contributed by atoms with Gasteiger partial charge in [-0.05, 0) is 13.0 Å². The number of carbonyl (C=O) groups is 1. The molecular formula is C11H14N4O4. The van der Waals surface area contributed by atoms with E-state index in [-0.39, 0.29) is 11.3 Å². The maximum atomic E-state index is 11.2. The summed E-state index contributed by atoms with van der Waals surface area (Å²) in [7, 11) is 0. The predicted octanol–water partition coefficient (Wildman–Crippen LogP) is 0.488. The van der Waals surface area contributed by atoms with Gasteiger partial charge in [0, 0.05) is 25.7 Å². The fourth-order valence-corrected chi connectivity index (χ4v) is 2.01. The Hall–Kier alpha value is -2.22. The zero-order chi connectivity index (χ0) is 13.8. The first-order valence-corrected chi connectivity index (χ1v) is 5.93. The highest BCUT2D eigenvalue weighted by atomic mass is 16.6.